The highest BCUT2D eigenvalue weighted by molar-refractivity contribution is 6.48. The van der Waals surface area contributed by atoms with Gasteiger partial charge in [0.1, 0.15) is 11.3 Å². The molecule has 2 fully saturated rings. The maximum absolute atomic E-state index is 11.7. The van der Waals surface area contributed by atoms with Crippen LogP contribution in [0.5, 0.6) is 0 Å². The molecule has 0 aromatic carbocycles. The Morgan fingerprint density at radius 2 is 1.88 bits per heavy atom. The minimum absolute atomic E-state index is 0.0708. The Morgan fingerprint density at radius 1 is 1.25 bits per heavy atom. The molecule has 86 valence electrons. The quantitative estimate of drug-likeness (QED) is 0.494. The smallest absolute Gasteiger partial charge is 0.318 e. The number of aliphatic carboxylic acids is 2. The lowest BCUT2D eigenvalue weighted by molar-refractivity contribution is -0.156. The second-order valence-electron chi connectivity index (χ2n) is 4.28. The van der Waals surface area contributed by atoms with Gasteiger partial charge in [0.15, 0.2) is 0 Å². The number of Topliss-reactive ketones (excluding diaryl/α,β-unsaturated/α-hetero) is 2. The minimum atomic E-state index is -1.76. The van der Waals surface area contributed by atoms with E-state index in [0.717, 1.165) is 0 Å². The summed E-state index contributed by atoms with van der Waals surface area (Å²) in [5.41, 5.74) is -1.76. The Hall–Kier alpha value is -1.72. The fraction of sp³-hybridized carbons (Fsp3) is 0.600. The molecule has 0 saturated heterocycles. The molecule has 0 aromatic heterocycles. The Labute approximate surface area is 90.2 Å². The molecule has 2 aliphatic carbocycles. The molecule has 0 heterocycles. The summed E-state index contributed by atoms with van der Waals surface area (Å²) < 4.78 is 0. The van der Waals surface area contributed by atoms with Crippen molar-refractivity contribution in [2.75, 3.05) is 0 Å². The number of rotatable bonds is 2. The predicted octanol–water partition coefficient (Wildman–Crippen LogP) is -0.290. The molecule has 2 saturated carbocycles. The van der Waals surface area contributed by atoms with E-state index >= 15 is 0 Å². The second-order valence-corrected chi connectivity index (χ2v) is 4.28. The maximum Gasteiger partial charge on any atom is 0.318 e. The number of fused-ring (bicyclic) bond motifs is 1. The first-order valence-electron chi connectivity index (χ1n) is 4.97. The lowest BCUT2D eigenvalue weighted by atomic mass is 9.77. The number of ketones is 2. The molecule has 0 spiro atoms. The first-order chi connectivity index (χ1) is 7.43. The van der Waals surface area contributed by atoms with Crippen LogP contribution in [0.15, 0.2) is 0 Å². The average molecular weight is 226 g/mol. The molecule has 0 aliphatic heterocycles. The average Bonchev–Trinajstić information content (AvgIpc) is 2.68. The van der Waals surface area contributed by atoms with Crippen molar-refractivity contribution in [2.45, 2.75) is 19.3 Å². The van der Waals surface area contributed by atoms with Crippen LogP contribution >= 0.6 is 0 Å². The van der Waals surface area contributed by atoms with E-state index in [1.807, 2.05) is 0 Å². The van der Waals surface area contributed by atoms with E-state index in [1.165, 1.54) is 0 Å². The number of hydrogen-bond acceptors (Lipinski definition) is 4. The number of carbonyl (C=O) groups is 4. The van der Waals surface area contributed by atoms with E-state index < -0.39 is 40.8 Å². The molecule has 0 amide bonds. The van der Waals surface area contributed by atoms with Crippen molar-refractivity contribution < 1.29 is 29.4 Å². The van der Waals surface area contributed by atoms with Crippen molar-refractivity contribution in [1.29, 1.82) is 0 Å². The summed E-state index contributed by atoms with van der Waals surface area (Å²) in [5.74, 6) is -7.19. The van der Waals surface area contributed by atoms with E-state index in [2.05, 4.69) is 0 Å². The molecule has 6 heteroatoms. The number of carbonyl (C=O) groups excluding carboxylic acids is 2. The third-order valence-electron chi connectivity index (χ3n) is 3.68. The molecule has 2 N–H and O–H groups in total. The number of carboxylic acid groups (broad SMARTS) is 2. The Balaban J connectivity index is 2.54. The minimum Gasteiger partial charge on any atom is -0.481 e. The van der Waals surface area contributed by atoms with Gasteiger partial charge >= 0.3 is 11.9 Å². The van der Waals surface area contributed by atoms with Crippen molar-refractivity contribution in [3.8, 4) is 0 Å². The van der Waals surface area contributed by atoms with Crippen molar-refractivity contribution in [1.82, 2.24) is 0 Å². The fourth-order valence-electron chi connectivity index (χ4n) is 2.96. The number of hydrogen-bond donors (Lipinski definition) is 2. The van der Waals surface area contributed by atoms with E-state index in [-0.39, 0.29) is 6.42 Å². The molecule has 3 atom stereocenters. The highest BCUT2D eigenvalue weighted by Gasteiger charge is 2.68. The fourth-order valence-corrected chi connectivity index (χ4v) is 2.96. The molecule has 0 radical (unpaired) electrons. The van der Waals surface area contributed by atoms with Crippen molar-refractivity contribution in [2.24, 2.45) is 17.3 Å². The normalized spacial score (nSPS) is 37.5. The first-order valence-corrected chi connectivity index (χ1v) is 4.97. The summed E-state index contributed by atoms with van der Waals surface area (Å²) in [4.78, 5) is 45.2. The van der Waals surface area contributed by atoms with Crippen LogP contribution in [0.2, 0.25) is 0 Å². The highest BCUT2D eigenvalue weighted by Crippen LogP contribution is 2.53. The molecular weight excluding hydrogens is 216 g/mol. The molecule has 2 rings (SSSR count). The van der Waals surface area contributed by atoms with Gasteiger partial charge in [-0.3, -0.25) is 19.2 Å². The Morgan fingerprint density at radius 3 is 2.38 bits per heavy atom. The summed E-state index contributed by atoms with van der Waals surface area (Å²) in [6, 6.07) is 0. The van der Waals surface area contributed by atoms with Gasteiger partial charge in [0, 0.05) is 5.92 Å². The van der Waals surface area contributed by atoms with Crippen LogP contribution in [0.3, 0.4) is 0 Å². The molecule has 0 aromatic rings. The summed E-state index contributed by atoms with van der Waals surface area (Å²) in [6.45, 7) is 0. The zero-order valence-electron chi connectivity index (χ0n) is 8.30. The number of carboxylic acids is 2. The summed E-state index contributed by atoms with van der Waals surface area (Å²) >= 11 is 0. The van der Waals surface area contributed by atoms with Gasteiger partial charge in [-0.05, 0) is 12.8 Å². The molecule has 16 heavy (non-hydrogen) atoms. The maximum atomic E-state index is 11.7. The van der Waals surface area contributed by atoms with Crippen LogP contribution in [-0.4, -0.2) is 33.7 Å². The Bertz CT molecular complexity index is 412. The Kier molecular flexibility index (Phi) is 2.11. The van der Waals surface area contributed by atoms with Crippen LogP contribution < -0.4 is 0 Å². The van der Waals surface area contributed by atoms with Gasteiger partial charge in [0.25, 0.3) is 0 Å². The van der Waals surface area contributed by atoms with E-state index in [1.54, 1.807) is 0 Å². The van der Waals surface area contributed by atoms with Gasteiger partial charge in [-0.1, -0.05) is 6.42 Å². The summed E-state index contributed by atoms with van der Waals surface area (Å²) in [7, 11) is 0. The lowest BCUT2D eigenvalue weighted by Gasteiger charge is -2.21. The molecule has 6 nitrogen and oxygen atoms in total. The second kappa shape index (κ2) is 3.13. The van der Waals surface area contributed by atoms with Gasteiger partial charge in [0.05, 0.1) is 0 Å². The molecule has 2 aliphatic rings. The highest BCUT2D eigenvalue weighted by atomic mass is 16.4. The third kappa shape index (κ3) is 1.01. The molecular formula is C10H10O6. The van der Waals surface area contributed by atoms with Crippen LogP contribution in [0.25, 0.3) is 0 Å². The zero-order valence-corrected chi connectivity index (χ0v) is 8.30. The zero-order chi connectivity index (χ0) is 12.1. The van der Waals surface area contributed by atoms with Crippen molar-refractivity contribution >= 4 is 23.5 Å². The molecule has 3 unspecified atom stereocenters. The largest absolute Gasteiger partial charge is 0.481 e. The van der Waals surface area contributed by atoms with Crippen molar-refractivity contribution in [3.05, 3.63) is 0 Å². The van der Waals surface area contributed by atoms with Gasteiger partial charge in [0.2, 0.25) is 11.6 Å². The van der Waals surface area contributed by atoms with Gasteiger partial charge in [-0.15, -0.1) is 0 Å². The van der Waals surface area contributed by atoms with Crippen molar-refractivity contribution in [3.63, 3.8) is 0 Å². The topological polar surface area (TPSA) is 109 Å². The van der Waals surface area contributed by atoms with Crippen LogP contribution in [0, 0.1) is 17.3 Å². The van der Waals surface area contributed by atoms with Crippen LogP contribution in [-0.2, 0) is 19.2 Å². The SMILES string of the molecule is O=C(O)C1C(=O)C(=O)C2(C(=O)O)CCCC12. The van der Waals surface area contributed by atoms with Gasteiger partial charge in [-0.2, -0.15) is 0 Å². The standard InChI is InChI=1S/C10H10O6/c11-6-5(8(13)14)4-2-1-3-10(4,7(6)12)9(15)16/h4-5H,1-3H2,(H,13,14)(H,15,16). The predicted molar refractivity (Wildman–Crippen MR) is 48.5 cm³/mol. The summed E-state index contributed by atoms with van der Waals surface area (Å²) in [6.07, 6.45) is 0.849. The monoisotopic (exact) mass is 226 g/mol. The molecule has 0 bridgehead atoms. The van der Waals surface area contributed by atoms with E-state index in [0.29, 0.717) is 12.8 Å². The first kappa shape index (κ1) is 10.8. The third-order valence-corrected chi connectivity index (χ3v) is 3.68. The van der Waals surface area contributed by atoms with Gasteiger partial charge in [-0.25, -0.2) is 0 Å². The van der Waals surface area contributed by atoms with E-state index in [4.69, 9.17) is 10.2 Å². The van der Waals surface area contributed by atoms with Crippen LogP contribution in [0.1, 0.15) is 19.3 Å². The van der Waals surface area contributed by atoms with E-state index in [9.17, 15) is 19.2 Å². The van der Waals surface area contributed by atoms with Gasteiger partial charge < -0.3 is 10.2 Å². The van der Waals surface area contributed by atoms with Crippen LogP contribution in [0.4, 0.5) is 0 Å². The summed E-state index contributed by atoms with van der Waals surface area (Å²) in [5, 5.41) is 18.0. The lowest BCUT2D eigenvalue weighted by Crippen LogP contribution is -2.39.